The lowest BCUT2D eigenvalue weighted by molar-refractivity contribution is 0.0697. The van der Waals surface area contributed by atoms with Gasteiger partial charge < -0.3 is 5.11 Å². The summed E-state index contributed by atoms with van der Waals surface area (Å²) in [5.74, 6) is -1.19. The highest BCUT2D eigenvalue weighted by molar-refractivity contribution is 7.92. The van der Waals surface area contributed by atoms with Crippen LogP contribution in [-0.4, -0.2) is 30.1 Å². The smallest absolute Gasteiger partial charge is 0.340 e. The molecule has 0 bridgehead atoms. The number of carboxylic acid groups (broad SMARTS) is 1. The van der Waals surface area contributed by atoms with Gasteiger partial charge in [-0.05, 0) is 18.5 Å². The quantitative estimate of drug-likeness (QED) is 0.797. The van der Waals surface area contributed by atoms with Crippen LogP contribution in [0, 0.1) is 6.92 Å². The van der Waals surface area contributed by atoms with Gasteiger partial charge in [-0.25, -0.2) is 13.2 Å². The van der Waals surface area contributed by atoms with Gasteiger partial charge >= 0.3 is 5.97 Å². The molecule has 1 aromatic rings. The summed E-state index contributed by atoms with van der Waals surface area (Å²) >= 11 is 0.810. The molecule has 0 aliphatic heterocycles. The molecule has 0 aliphatic carbocycles. The molecule has 0 radical (unpaired) electrons. The predicted octanol–water partition coefficient (Wildman–Crippen LogP) is 0.521. The summed E-state index contributed by atoms with van der Waals surface area (Å²) in [6, 6.07) is 0. The van der Waals surface area contributed by atoms with E-state index in [9.17, 15) is 13.2 Å². The zero-order chi connectivity index (χ0) is 10.9. The summed E-state index contributed by atoms with van der Waals surface area (Å²) in [5.41, 5.74) is 0.203. The molecule has 0 aromatic carbocycles. The highest BCUT2D eigenvalue weighted by atomic mass is 32.2. The number of aromatic nitrogens is 1. The Morgan fingerprint density at radius 3 is 2.57 bits per heavy atom. The molecule has 0 saturated carbocycles. The number of nitrogens with one attached hydrogen (secondary N) is 1. The van der Waals surface area contributed by atoms with E-state index in [2.05, 4.69) is 9.10 Å². The molecule has 1 heterocycles. The maximum Gasteiger partial charge on any atom is 0.340 e. The van der Waals surface area contributed by atoms with E-state index in [-0.39, 0.29) is 10.6 Å². The lowest BCUT2D eigenvalue weighted by atomic mass is 10.2. The molecular formula is C6H8N2O4S2. The Morgan fingerprint density at radius 2 is 2.14 bits per heavy atom. The van der Waals surface area contributed by atoms with E-state index in [0.29, 0.717) is 5.69 Å². The molecule has 0 atom stereocenters. The van der Waals surface area contributed by atoms with Gasteiger partial charge in [-0.3, -0.25) is 4.72 Å². The van der Waals surface area contributed by atoms with E-state index in [1.165, 1.54) is 6.92 Å². The van der Waals surface area contributed by atoms with Gasteiger partial charge in [0.05, 0.1) is 11.9 Å². The Kier molecular flexibility index (Phi) is 2.76. The van der Waals surface area contributed by atoms with Crippen LogP contribution in [0.3, 0.4) is 0 Å². The second-order valence-corrected chi connectivity index (χ2v) is 5.17. The number of carboxylic acids is 1. The summed E-state index contributed by atoms with van der Waals surface area (Å²) in [5, 5.41) is 8.80. The fourth-order valence-electron chi connectivity index (χ4n) is 0.860. The van der Waals surface area contributed by atoms with E-state index in [0.717, 1.165) is 17.8 Å². The van der Waals surface area contributed by atoms with Crippen LogP contribution in [0.2, 0.25) is 0 Å². The van der Waals surface area contributed by atoms with Crippen molar-refractivity contribution in [1.82, 2.24) is 4.37 Å². The second kappa shape index (κ2) is 3.54. The molecule has 0 spiro atoms. The van der Waals surface area contributed by atoms with Crippen LogP contribution in [0.15, 0.2) is 0 Å². The van der Waals surface area contributed by atoms with Crippen LogP contribution < -0.4 is 4.72 Å². The van der Waals surface area contributed by atoms with Gasteiger partial charge in [-0.15, -0.1) is 0 Å². The molecule has 14 heavy (non-hydrogen) atoms. The van der Waals surface area contributed by atoms with Crippen LogP contribution in [0.25, 0.3) is 0 Å². The summed E-state index contributed by atoms with van der Waals surface area (Å²) in [7, 11) is -3.46. The third kappa shape index (κ3) is 2.42. The number of aryl methyl sites for hydroxylation is 1. The number of anilines is 1. The number of hydrogen-bond donors (Lipinski definition) is 2. The van der Waals surface area contributed by atoms with Crippen molar-refractivity contribution in [3.05, 3.63) is 11.3 Å². The van der Waals surface area contributed by atoms with Crippen molar-refractivity contribution in [2.45, 2.75) is 6.92 Å². The van der Waals surface area contributed by atoms with Crippen molar-refractivity contribution in [3.8, 4) is 0 Å². The maximum absolute atomic E-state index is 10.9. The Hall–Kier alpha value is -1.15. The summed E-state index contributed by atoms with van der Waals surface area (Å²) < 4.78 is 27.6. The third-order valence-corrected chi connectivity index (χ3v) is 2.91. The fraction of sp³-hybridized carbons (Fsp3) is 0.333. The fourth-order valence-corrected chi connectivity index (χ4v) is 2.55. The van der Waals surface area contributed by atoms with Crippen molar-refractivity contribution in [3.63, 3.8) is 0 Å². The summed E-state index contributed by atoms with van der Waals surface area (Å²) in [6.45, 7) is 1.51. The monoisotopic (exact) mass is 236 g/mol. The largest absolute Gasteiger partial charge is 0.478 e. The lowest BCUT2D eigenvalue weighted by Gasteiger charge is -2.00. The first kappa shape index (κ1) is 10.9. The standard InChI is InChI=1S/C6H8N2O4S2/c1-3-4(6(9)10)5(13-7-3)8-14(2,11)12/h8H,1-2H3,(H,9,10). The van der Waals surface area contributed by atoms with Crippen LogP contribution in [0.4, 0.5) is 5.00 Å². The molecule has 1 aromatic heterocycles. The molecule has 1 rings (SSSR count). The van der Waals surface area contributed by atoms with Gasteiger partial charge in [0.15, 0.2) is 0 Å². The first-order valence-corrected chi connectivity index (χ1v) is 6.15. The normalized spacial score (nSPS) is 11.3. The first-order valence-electron chi connectivity index (χ1n) is 3.48. The van der Waals surface area contributed by atoms with Crippen LogP contribution in [-0.2, 0) is 10.0 Å². The minimum absolute atomic E-state index is 0.0394. The zero-order valence-electron chi connectivity index (χ0n) is 7.44. The minimum Gasteiger partial charge on any atom is -0.478 e. The molecule has 0 aliphatic rings. The number of carbonyl (C=O) groups is 1. The first-order chi connectivity index (χ1) is 6.31. The Bertz CT molecular complexity index is 462. The number of hydrogen-bond acceptors (Lipinski definition) is 5. The van der Waals surface area contributed by atoms with Crippen LogP contribution >= 0.6 is 11.5 Å². The third-order valence-electron chi connectivity index (χ3n) is 1.35. The van der Waals surface area contributed by atoms with E-state index >= 15 is 0 Å². The van der Waals surface area contributed by atoms with E-state index in [4.69, 9.17) is 5.11 Å². The van der Waals surface area contributed by atoms with Crippen molar-refractivity contribution >= 4 is 32.5 Å². The topological polar surface area (TPSA) is 96.4 Å². The van der Waals surface area contributed by atoms with Gasteiger partial charge in [0, 0.05) is 0 Å². The molecule has 0 amide bonds. The van der Waals surface area contributed by atoms with Gasteiger partial charge in [0.25, 0.3) is 0 Å². The Morgan fingerprint density at radius 1 is 1.57 bits per heavy atom. The van der Waals surface area contributed by atoms with Crippen LogP contribution in [0.5, 0.6) is 0 Å². The van der Waals surface area contributed by atoms with Crippen molar-refractivity contribution in [2.75, 3.05) is 11.0 Å². The molecule has 0 unspecified atom stereocenters. The molecule has 0 saturated heterocycles. The molecule has 8 heteroatoms. The average molecular weight is 236 g/mol. The molecular weight excluding hydrogens is 228 g/mol. The average Bonchev–Trinajstić information content (AvgIpc) is 2.27. The summed E-state index contributed by atoms with van der Waals surface area (Å²) in [6.07, 6.45) is 0.952. The molecule has 6 nitrogen and oxygen atoms in total. The minimum atomic E-state index is -3.46. The predicted molar refractivity (Wildman–Crippen MR) is 52.3 cm³/mol. The number of nitrogens with zero attached hydrogens (tertiary/aromatic N) is 1. The Labute approximate surface area is 84.8 Å². The van der Waals surface area contributed by atoms with E-state index < -0.39 is 16.0 Å². The van der Waals surface area contributed by atoms with Crippen molar-refractivity contribution < 1.29 is 18.3 Å². The maximum atomic E-state index is 10.9. The zero-order valence-corrected chi connectivity index (χ0v) is 9.07. The van der Waals surface area contributed by atoms with Crippen molar-refractivity contribution in [2.24, 2.45) is 0 Å². The summed E-state index contributed by atoms with van der Waals surface area (Å²) in [4.78, 5) is 10.7. The van der Waals surface area contributed by atoms with Gasteiger partial charge in [-0.1, -0.05) is 0 Å². The van der Waals surface area contributed by atoms with Gasteiger partial charge in [0.1, 0.15) is 10.6 Å². The van der Waals surface area contributed by atoms with Crippen molar-refractivity contribution in [1.29, 1.82) is 0 Å². The lowest BCUT2D eigenvalue weighted by Crippen LogP contribution is -2.11. The van der Waals surface area contributed by atoms with E-state index in [1.54, 1.807) is 0 Å². The SMILES string of the molecule is Cc1nsc(NS(C)(=O)=O)c1C(=O)O. The second-order valence-electron chi connectivity index (χ2n) is 2.65. The van der Waals surface area contributed by atoms with Gasteiger partial charge in [-0.2, -0.15) is 4.37 Å². The Balaban J connectivity index is 3.17. The number of aromatic carboxylic acids is 1. The number of sulfonamides is 1. The number of rotatable bonds is 3. The van der Waals surface area contributed by atoms with Crippen LogP contribution in [0.1, 0.15) is 16.1 Å². The van der Waals surface area contributed by atoms with E-state index in [1.807, 2.05) is 0 Å². The van der Waals surface area contributed by atoms with Gasteiger partial charge in [0.2, 0.25) is 10.0 Å². The molecule has 78 valence electrons. The molecule has 0 fully saturated rings. The molecule has 2 N–H and O–H groups in total. The highest BCUT2D eigenvalue weighted by Gasteiger charge is 2.19. The highest BCUT2D eigenvalue weighted by Crippen LogP contribution is 2.24.